The number of aromatic amines is 1. The SMILES string of the molecule is COc1cc(C[C@@H]2CC(CNCCc3c[nH]c4ccc(C)cc34)=NO2)c(OC)c2c1OCO2. The van der Waals surface area contributed by atoms with Gasteiger partial charge in [0.15, 0.2) is 11.5 Å². The van der Waals surface area contributed by atoms with E-state index in [0.717, 1.165) is 30.7 Å². The number of hydrogen-bond acceptors (Lipinski definition) is 7. The van der Waals surface area contributed by atoms with Gasteiger partial charge in [0, 0.05) is 42.0 Å². The lowest BCUT2D eigenvalue weighted by molar-refractivity contribution is 0.0853. The molecule has 0 saturated carbocycles. The Bertz CT molecular complexity index is 1190. The van der Waals surface area contributed by atoms with Crippen LogP contribution in [0, 0.1) is 6.92 Å². The Kier molecular flexibility index (Phi) is 6.00. The number of ether oxygens (including phenoxy) is 4. The maximum absolute atomic E-state index is 5.71. The standard InChI is InChI=1S/C25H29N3O5/c1-15-4-5-21-20(8-15)16(12-27-21)6-7-26-13-18-11-19(33-28-18)9-17-10-22(29-2)24-25(23(17)30-3)32-14-31-24/h4-5,8,10,12,19,26-27H,6-7,9,11,13-14H2,1-3H3/t19-/m1/s1. The van der Waals surface area contributed by atoms with Crippen LogP contribution < -0.4 is 24.3 Å². The normalized spacial score (nSPS) is 16.7. The Balaban J connectivity index is 1.14. The lowest BCUT2D eigenvalue weighted by Crippen LogP contribution is -2.25. The molecule has 0 aliphatic carbocycles. The third kappa shape index (κ3) is 4.30. The number of rotatable bonds is 9. The number of methoxy groups -OCH3 is 2. The minimum atomic E-state index is -0.0580. The Morgan fingerprint density at radius 2 is 2.00 bits per heavy atom. The maximum atomic E-state index is 5.71. The summed E-state index contributed by atoms with van der Waals surface area (Å²) < 4.78 is 22.2. The van der Waals surface area contributed by atoms with Crippen LogP contribution in [0.4, 0.5) is 0 Å². The average molecular weight is 452 g/mol. The van der Waals surface area contributed by atoms with Crippen LogP contribution in [-0.2, 0) is 17.7 Å². The molecule has 3 aromatic rings. The van der Waals surface area contributed by atoms with Gasteiger partial charge in [0.1, 0.15) is 6.10 Å². The first kappa shape index (κ1) is 21.5. The van der Waals surface area contributed by atoms with Gasteiger partial charge in [-0.1, -0.05) is 16.8 Å². The summed E-state index contributed by atoms with van der Waals surface area (Å²) in [5.41, 5.74) is 5.75. The summed E-state index contributed by atoms with van der Waals surface area (Å²) >= 11 is 0. The molecule has 0 saturated heterocycles. The molecule has 0 amide bonds. The van der Waals surface area contributed by atoms with Gasteiger partial charge in [0.05, 0.1) is 19.9 Å². The van der Waals surface area contributed by atoms with Crippen molar-refractivity contribution >= 4 is 16.6 Å². The number of aromatic nitrogens is 1. The van der Waals surface area contributed by atoms with Crippen molar-refractivity contribution in [3.8, 4) is 23.0 Å². The Labute approximate surface area is 192 Å². The predicted octanol–water partition coefficient (Wildman–Crippen LogP) is 3.74. The molecule has 8 heteroatoms. The molecule has 0 radical (unpaired) electrons. The maximum Gasteiger partial charge on any atom is 0.231 e. The zero-order valence-electron chi connectivity index (χ0n) is 19.2. The van der Waals surface area contributed by atoms with Crippen LogP contribution in [0.1, 0.15) is 23.1 Å². The van der Waals surface area contributed by atoms with Crippen molar-refractivity contribution in [3.63, 3.8) is 0 Å². The molecule has 3 heterocycles. The van der Waals surface area contributed by atoms with E-state index < -0.39 is 0 Å². The van der Waals surface area contributed by atoms with Crippen LogP contribution >= 0.6 is 0 Å². The molecular formula is C25H29N3O5. The van der Waals surface area contributed by atoms with E-state index in [-0.39, 0.29) is 12.9 Å². The van der Waals surface area contributed by atoms with Crippen LogP contribution in [0.3, 0.4) is 0 Å². The smallest absolute Gasteiger partial charge is 0.231 e. The Hall–Kier alpha value is -3.39. The van der Waals surface area contributed by atoms with Crippen LogP contribution in [0.2, 0.25) is 0 Å². The van der Waals surface area contributed by atoms with E-state index in [4.69, 9.17) is 23.8 Å². The van der Waals surface area contributed by atoms with Crippen LogP contribution in [0.25, 0.3) is 10.9 Å². The molecule has 2 aliphatic rings. The van der Waals surface area contributed by atoms with E-state index in [9.17, 15) is 0 Å². The van der Waals surface area contributed by atoms with Gasteiger partial charge in [-0.3, -0.25) is 0 Å². The van der Waals surface area contributed by atoms with E-state index in [1.165, 1.54) is 22.0 Å². The second-order valence-corrected chi connectivity index (χ2v) is 8.42. The van der Waals surface area contributed by atoms with Gasteiger partial charge in [-0.05, 0) is 43.7 Å². The van der Waals surface area contributed by atoms with Gasteiger partial charge in [0.2, 0.25) is 18.3 Å². The first-order valence-corrected chi connectivity index (χ1v) is 11.2. The predicted molar refractivity (Wildman–Crippen MR) is 126 cm³/mol. The molecule has 0 fully saturated rings. The summed E-state index contributed by atoms with van der Waals surface area (Å²) in [4.78, 5) is 9.06. The van der Waals surface area contributed by atoms with E-state index in [2.05, 4.69) is 46.8 Å². The summed E-state index contributed by atoms with van der Waals surface area (Å²) in [6.45, 7) is 3.86. The van der Waals surface area contributed by atoms with Crippen molar-refractivity contribution < 1.29 is 23.8 Å². The molecule has 1 atom stereocenters. The number of aryl methyl sites for hydroxylation is 1. The molecule has 174 valence electrons. The van der Waals surface area contributed by atoms with E-state index >= 15 is 0 Å². The molecule has 0 unspecified atom stereocenters. The number of benzene rings is 2. The van der Waals surface area contributed by atoms with Crippen molar-refractivity contribution in [3.05, 3.63) is 47.2 Å². The third-order valence-electron chi connectivity index (χ3n) is 6.13. The quantitative estimate of drug-likeness (QED) is 0.482. The van der Waals surface area contributed by atoms with Crippen molar-refractivity contribution in [1.82, 2.24) is 10.3 Å². The highest BCUT2D eigenvalue weighted by Gasteiger charge is 2.30. The molecule has 2 aliphatic heterocycles. The second-order valence-electron chi connectivity index (χ2n) is 8.42. The molecule has 33 heavy (non-hydrogen) atoms. The highest BCUT2D eigenvalue weighted by atomic mass is 16.7. The Morgan fingerprint density at radius 3 is 2.85 bits per heavy atom. The fraction of sp³-hybridized carbons (Fsp3) is 0.400. The van der Waals surface area contributed by atoms with Crippen LogP contribution in [0.5, 0.6) is 23.0 Å². The first-order chi connectivity index (χ1) is 16.2. The van der Waals surface area contributed by atoms with Crippen molar-refractivity contribution in [2.45, 2.75) is 32.3 Å². The lowest BCUT2D eigenvalue weighted by atomic mass is 10.0. The minimum absolute atomic E-state index is 0.0580. The van der Waals surface area contributed by atoms with Crippen molar-refractivity contribution in [1.29, 1.82) is 0 Å². The van der Waals surface area contributed by atoms with Gasteiger partial charge in [-0.25, -0.2) is 0 Å². The topological polar surface area (TPSA) is 86.3 Å². The van der Waals surface area contributed by atoms with Crippen LogP contribution in [-0.4, -0.2) is 50.9 Å². The zero-order chi connectivity index (χ0) is 22.8. The molecule has 0 spiro atoms. The van der Waals surface area contributed by atoms with Gasteiger partial charge >= 0.3 is 0 Å². The highest BCUT2D eigenvalue weighted by Crippen LogP contribution is 2.49. The van der Waals surface area contributed by atoms with Gasteiger partial charge in [-0.2, -0.15) is 0 Å². The minimum Gasteiger partial charge on any atom is -0.493 e. The number of hydrogen-bond donors (Lipinski definition) is 2. The fourth-order valence-electron chi connectivity index (χ4n) is 4.49. The summed E-state index contributed by atoms with van der Waals surface area (Å²) in [6.07, 6.45) is 4.40. The van der Waals surface area contributed by atoms with Crippen molar-refractivity contribution in [2.75, 3.05) is 34.1 Å². The molecule has 5 rings (SSSR count). The van der Waals surface area contributed by atoms with E-state index in [0.29, 0.717) is 36.0 Å². The summed E-state index contributed by atoms with van der Waals surface area (Å²) in [5, 5.41) is 9.10. The monoisotopic (exact) mass is 451 g/mol. The van der Waals surface area contributed by atoms with Crippen molar-refractivity contribution in [2.24, 2.45) is 5.16 Å². The molecule has 1 aromatic heterocycles. The van der Waals surface area contributed by atoms with Gasteiger partial charge < -0.3 is 34.1 Å². The molecule has 0 bridgehead atoms. The zero-order valence-corrected chi connectivity index (χ0v) is 19.2. The summed E-state index contributed by atoms with van der Waals surface area (Å²) in [6, 6.07) is 8.43. The fourth-order valence-corrected chi connectivity index (χ4v) is 4.49. The number of fused-ring (bicyclic) bond motifs is 2. The Morgan fingerprint density at radius 1 is 1.12 bits per heavy atom. The largest absolute Gasteiger partial charge is 0.493 e. The van der Waals surface area contributed by atoms with Gasteiger partial charge in [0.25, 0.3) is 0 Å². The number of H-pyrrole nitrogens is 1. The van der Waals surface area contributed by atoms with Gasteiger partial charge in [-0.15, -0.1) is 0 Å². The van der Waals surface area contributed by atoms with Crippen LogP contribution in [0.15, 0.2) is 35.6 Å². The molecule has 2 N–H and O–H groups in total. The third-order valence-corrected chi connectivity index (χ3v) is 6.13. The van der Waals surface area contributed by atoms with E-state index in [1.54, 1.807) is 14.2 Å². The average Bonchev–Trinajstić information content (AvgIpc) is 3.56. The summed E-state index contributed by atoms with van der Waals surface area (Å²) in [7, 11) is 3.24. The number of nitrogens with one attached hydrogen (secondary N) is 2. The summed E-state index contributed by atoms with van der Waals surface area (Å²) in [5.74, 6) is 2.45. The number of nitrogens with zero attached hydrogens (tertiary/aromatic N) is 1. The molecule has 8 nitrogen and oxygen atoms in total. The van der Waals surface area contributed by atoms with E-state index in [1.807, 2.05) is 6.07 Å². The number of oxime groups is 1. The second kappa shape index (κ2) is 9.23. The molecule has 2 aromatic carbocycles. The molecular weight excluding hydrogens is 422 g/mol. The first-order valence-electron chi connectivity index (χ1n) is 11.2. The highest BCUT2D eigenvalue weighted by molar-refractivity contribution is 5.87. The lowest BCUT2D eigenvalue weighted by Gasteiger charge is -2.15.